The van der Waals surface area contributed by atoms with Crippen LogP contribution in [0.5, 0.6) is 5.75 Å². The molecule has 0 aliphatic heterocycles. The van der Waals surface area contributed by atoms with E-state index in [0.717, 1.165) is 18.8 Å². The lowest BCUT2D eigenvalue weighted by Crippen LogP contribution is -2.28. The Hall–Kier alpha value is -1.02. The van der Waals surface area contributed by atoms with Crippen LogP contribution in [0.4, 0.5) is 0 Å². The van der Waals surface area contributed by atoms with Crippen molar-refractivity contribution >= 4 is 0 Å². The average Bonchev–Trinajstić information content (AvgIpc) is 2.27. The zero-order valence-electron chi connectivity index (χ0n) is 10.8. The molecule has 0 aromatic heterocycles. The van der Waals surface area contributed by atoms with E-state index in [-0.39, 0.29) is 6.10 Å². The van der Waals surface area contributed by atoms with E-state index in [1.54, 1.807) is 0 Å². The number of nitrogens with one attached hydrogen (secondary N) is 1. The Labute approximate surface area is 99.0 Å². The highest BCUT2D eigenvalue weighted by molar-refractivity contribution is 5.29. The Morgan fingerprint density at radius 3 is 2.25 bits per heavy atom. The molecule has 0 bridgehead atoms. The predicted octanol–water partition coefficient (Wildman–Crippen LogP) is 3.19. The smallest absolute Gasteiger partial charge is 0.119 e. The molecule has 1 atom stereocenters. The van der Waals surface area contributed by atoms with Gasteiger partial charge in [-0.05, 0) is 37.1 Å². The van der Waals surface area contributed by atoms with Crippen molar-refractivity contribution in [3.8, 4) is 5.75 Å². The summed E-state index contributed by atoms with van der Waals surface area (Å²) in [4.78, 5) is 0. The molecule has 0 heterocycles. The molecular formula is C14H23NO. The van der Waals surface area contributed by atoms with Gasteiger partial charge in [0.05, 0.1) is 0 Å². The second-order valence-electron chi connectivity index (χ2n) is 4.46. The lowest BCUT2D eigenvalue weighted by Gasteiger charge is -2.15. The summed E-state index contributed by atoms with van der Waals surface area (Å²) in [6.45, 7) is 10.5. The standard InChI is InChI=1S/C14H23NO/c1-5-15-10-12(4)16-14-8-6-13(7-9-14)11(2)3/h6-9,11-12,15H,5,10H2,1-4H3/t12-/m0/s1. The van der Waals surface area contributed by atoms with Gasteiger partial charge in [-0.25, -0.2) is 0 Å². The molecule has 0 radical (unpaired) electrons. The molecule has 1 aromatic rings. The third-order valence-electron chi connectivity index (χ3n) is 2.57. The second-order valence-corrected chi connectivity index (χ2v) is 4.46. The fourth-order valence-electron chi connectivity index (χ4n) is 1.55. The first-order valence-corrected chi connectivity index (χ1v) is 6.10. The van der Waals surface area contributed by atoms with Crippen molar-refractivity contribution in [3.05, 3.63) is 29.8 Å². The van der Waals surface area contributed by atoms with E-state index in [1.807, 2.05) is 0 Å². The van der Waals surface area contributed by atoms with E-state index in [0.29, 0.717) is 5.92 Å². The van der Waals surface area contributed by atoms with Crippen LogP contribution in [0.25, 0.3) is 0 Å². The summed E-state index contributed by atoms with van der Waals surface area (Å²) in [5.74, 6) is 1.53. The topological polar surface area (TPSA) is 21.3 Å². The summed E-state index contributed by atoms with van der Waals surface area (Å²) in [5.41, 5.74) is 1.35. The Kier molecular flexibility index (Phi) is 5.33. The number of benzene rings is 1. The number of ether oxygens (including phenoxy) is 1. The first-order chi connectivity index (χ1) is 7.63. The zero-order chi connectivity index (χ0) is 12.0. The minimum atomic E-state index is 0.213. The monoisotopic (exact) mass is 221 g/mol. The number of likely N-dealkylation sites (N-methyl/N-ethyl adjacent to an activating group) is 1. The molecule has 0 aliphatic carbocycles. The van der Waals surface area contributed by atoms with Gasteiger partial charge in [-0.2, -0.15) is 0 Å². The zero-order valence-corrected chi connectivity index (χ0v) is 10.8. The highest BCUT2D eigenvalue weighted by atomic mass is 16.5. The van der Waals surface area contributed by atoms with Crippen molar-refractivity contribution in [1.29, 1.82) is 0 Å². The van der Waals surface area contributed by atoms with Gasteiger partial charge < -0.3 is 10.1 Å². The Balaban J connectivity index is 2.48. The molecule has 90 valence electrons. The van der Waals surface area contributed by atoms with E-state index in [2.05, 4.69) is 57.3 Å². The molecule has 1 aromatic carbocycles. The molecule has 0 spiro atoms. The summed E-state index contributed by atoms with van der Waals surface area (Å²) < 4.78 is 5.79. The van der Waals surface area contributed by atoms with Crippen molar-refractivity contribution in [1.82, 2.24) is 5.32 Å². The maximum Gasteiger partial charge on any atom is 0.119 e. The van der Waals surface area contributed by atoms with E-state index in [1.165, 1.54) is 5.56 Å². The highest BCUT2D eigenvalue weighted by Crippen LogP contribution is 2.19. The average molecular weight is 221 g/mol. The maximum absolute atomic E-state index is 5.79. The third kappa shape index (κ3) is 4.23. The van der Waals surface area contributed by atoms with Gasteiger partial charge in [0, 0.05) is 6.54 Å². The van der Waals surface area contributed by atoms with Gasteiger partial charge in [0.25, 0.3) is 0 Å². The second kappa shape index (κ2) is 6.54. The lowest BCUT2D eigenvalue weighted by atomic mass is 10.0. The van der Waals surface area contributed by atoms with Gasteiger partial charge in [-0.15, -0.1) is 0 Å². The normalized spacial score (nSPS) is 12.8. The summed E-state index contributed by atoms with van der Waals surface area (Å²) in [5, 5.41) is 3.27. The maximum atomic E-state index is 5.79. The number of hydrogen-bond donors (Lipinski definition) is 1. The van der Waals surface area contributed by atoms with Crippen LogP contribution < -0.4 is 10.1 Å². The van der Waals surface area contributed by atoms with Crippen molar-refractivity contribution in [2.45, 2.75) is 39.7 Å². The van der Waals surface area contributed by atoms with Crippen LogP contribution in [-0.2, 0) is 0 Å². The molecular weight excluding hydrogens is 198 g/mol. The Bertz CT molecular complexity index is 292. The molecule has 0 unspecified atom stereocenters. The van der Waals surface area contributed by atoms with E-state index < -0.39 is 0 Å². The molecule has 0 fully saturated rings. The van der Waals surface area contributed by atoms with E-state index in [4.69, 9.17) is 4.74 Å². The van der Waals surface area contributed by atoms with Crippen LogP contribution in [-0.4, -0.2) is 19.2 Å². The van der Waals surface area contributed by atoms with Crippen molar-refractivity contribution in [3.63, 3.8) is 0 Å². The highest BCUT2D eigenvalue weighted by Gasteiger charge is 2.04. The number of hydrogen-bond acceptors (Lipinski definition) is 2. The van der Waals surface area contributed by atoms with Crippen LogP contribution in [0.1, 0.15) is 39.2 Å². The van der Waals surface area contributed by atoms with Crippen LogP contribution >= 0.6 is 0 Å². The van der Waals surface area contributed by atoms with Gasteiger partial charge in [-0.3, -0.25) is 0 Å². The van der Waals surface area contributed by atoms with E-state index >= 15 is 0 Å². The SMILES string of the molecule is CCNC[C@H](C)Oc1ccc(C(C)C)cc1. The van der Waals surface area contributed by atoms with Crippen LogP contribution in [0.2, 0.25) is 0 Å². The molecule has 0 saturated heterocycles. The van der Waals surface area contributed by atoms with Crippen molar-refractivity contribution in [2.75, 3.05) is 13.1 Å². The Morgan fingerprint density at radius 1 is 1.12 bits per heavy atom. The molecule has 0 aliphatic rings. The first-order valence-electron chi connectivity index (χ1n) is 6.10. The van der Waals surface area contributed by atoms with Crippen molar-refractivity contribution < 1.29 is 4.74 Å². The quantitative estimate of drug-likeness (QED) is 0.796. The van der Waals surface area contributed by atoms with E-state index in [9.17, 15) is 0 Å². The van der Waals surface area contributed by atoms with Gasteiger partial charge >= 0.3 is 0 Å². The van der Waals surface area contributed by atoms with Crippen LogP contribution in [0.3, 0.4) is 0 Å². The van der Waals surface area contributed by atoms with Crippen LogP contribution in [0, 0.1) is 0 Å². The van der Waals surface area contributed by atoms with Gasteiger partial charge in [0.1, 0.15) is 11.9 Å². The molecule has 1 N–H and O–H groups in total. The minimum absolute atomic E-state index is 0.213. The first kappa shape index (κ1) is 13.0. The third-order valence-corrected chi connectivity index (χ3v) is 2.57. The predicted molar refractivity (Wildman–Crippen MR) is 69.2 cm³/mol. The summed E-state index contributed by atoms with van der Waals surface area (Å²) >= 11 is 0. The summed E-state index contributed by atoms with van der Waals surface area (Å²) in [6.07, 6.45) is 0.213. The van der Waals surface area contributed by atoms with Crippen LogP contribution in [0.15, 0.2) is 24.3 Å². The van der Waals surface area contributed by atoms with Gasteiger partial charge in [-0.1, -0.05) is 32.9 Å². The Morgan fingerprint density at radius 2 is 1.75 bits per heavy atom. The molecule has 2 heteroatoms. The number of rotatable bonds is 6. The summed E-state index contributed by atoms with van der Waals surface area (Å²) in [6, 6.07) is 8.38. The summed E-state index contributed by atoms with van der Waals surface area (Å²) in [7, 11) is 0. The molecule has 16 heavy (non-hydrogen) atoms. The fraction of sp³-hybridized carbons (Fsp3) is 0.571. The molecule has 0 amide bonds. The molecule has 0 saturated carbocycles. The molecule has 1 rings (SSSR count). The lowest BCUT2D eigenvalue weighted by molar-refractivity contribution is 0.218. The van der Waals surface area contributed by atoms with Gasteiger partial charge in [0.15, 0.2) is 0 Å². The molecule has 2 nitrogen and oxygen atoms in total. The fourth-order valence-corrected chi connectivity index (χ4v) is 1.55. The minimum Gasteiger partial charge on any atom is -0.489 e. The van der Waals surface area contributed by atoms with Crippen molar-refractivity contribution in [2.24, 2.45) is 0 Å². The largest absolute Gasteiger partial charge is 0.489 e. The van der Waals surface area contributed by atoms with Gasteiger partial charge in [0.2, 0.25) is 0 Å².